The number of aromatic nitrogens is 2. The number of likely N-dealkylation sites (tertiary alicyclic amines) is 1. The summed E-state index contributed by atoms with van der Waals surface area (Å²) in [6, 6.07) is 12.4. The van der Waals surface area contributed by atoms with E-state index in [1.165, 1.54) is 11.0 Å². The lowest BCUT2D eigenvalue weighted by Gasteiger charge is -2.30. The zero-order chi connectivity index (χ0) is 17.8. The molecule has 0 bridgehead atoms. The van der Waals surface area contributed by atoms with Crippen LogP contribution in [-0.2, 0) is 16.1 Å². The Kier molecular flexibility index (Phi) is 4.92. The van der Waals surface area contributed by atoms with Gasteiger partial charge in [-0.3, -0.25) is 14.4 Å². The molecule has 1 amide bonds. The lowest BCUT2D eigenvalue weighted by Crippen LogP contribution is -2.44. The van der Waals surface area contributed by atoms with Crippen LogP contribution in [0.2, 0.25) is 0 Å². The Morgan fingerprint density at radius 1 is 1.16 bits per heavy atom. The maximum atomic E-state index is 12.5. The van der Waals surface area contributed by atoms with Crippen molar-refractivity contribution in [2.45, 2.75) is 19.4 Å². The van der Waals surface area contributed by atoms with Gasteiger partial charge in [0.15, 0.2) is 0 Å². The number of carbonyl (C=O) groups excluding carboxylic acids is 1. The van der Waals surface area contributed by atoms with Crippen LogP contribution in [0, 0.1) is 5.92 Å². The smallest absolute Gasteiger partial charge is 0.308 e. The van der Waals surface area contributed by atoms with Crippen molar-refractivity contribution < 1.29 is 14.7 Å². The number of benzene rings is 1. The number of rotatable bonds is 4. The SMILES string of the molecule is O=C(O)[C@H]1CCCN(C(=O)Cn2nc(-c3ccccc3)ccc2=O)C1. The first kappa shape index (κ1) is 16.9. The molecule has 130 valence electrons. The van der Waals surface area contributed by atoms with Gasteiger partial charge in [-0.15, -0.1) is 0 Å². The maximum absolute atomic E-state index is 12.5. The van der Waals surface area contributed by atoms with E-state index in [2.05, 4.69) is 5.10 Å². The number of aliphatic carboxylic acids is 1. The van der Waals surface area contributed by atoms with Gasteiger partial charge in [-0.2, -0.15) is 5.10 Å². The topological polar surface area (TPSA) is 92.5 Å². The molecule has 1 fully saturated rings. The number of amides is 1. The molecule has 1 saturated heterocycles. The Labute approximate surface area is 144 Å². The fourth-order valence-electron chi connectivity index (χ4n) is 2.96. The summed E-state index contributed by atoms with van der Waals surface area (Å²) in [6.45, 7) is 0.503. The largest absolute Gasteiger partial charge is 0.481 e. The second-order valence-corrected chi connectivity index (χ2v) is 6.10. The highest BCUT2D eigenvalue weighted by Crippen LogP contribution is 2.17. The van der Waals surface area contributed by atoms with Crippen LogP contribution in [0.1, 0.15) is 12.8 Å². The molecule has 0 aliphatic carbocycles. The molecule has 1 N–H and O–H groups in total. The van der Waals surface area contributed by atoms with Crippen LogP contribution < -0.4 is 5.56 Å². The Bertz CT molecular complexity index is 832. The molecular weight excluding hydrogens is 322 g/mol. The van der Waals surface area contributed by atoms with E-state index < -0.39 is 11.9 Å². The van der Waals surface area contributed by atoms with Gasteiger partial charge in [0.05, 0.1) is 11.6 Å². The molecule has 0 unspecified atom stereocenters. The van der Waals surface area contributed by atoms with Crippen molar-refractivity contribution >= 4 is 11.9 Å². The van der Waals surface area contributed by atoms with Crippen molar-refractivity contribution in [2.75, 3.05) is 13.1 Å². The molecule has 25 heavy (non-hydrogen) atoms. The Balaban J connectivity index is 1.77. The summed E-state index contributed by atoms with van der Waals surface area (Å²) in [6.07, 6.45) is 1.22. The highest BCUT2D eigenvalue weighted by Gasteiger charge is 2.28. The van der Waals surface area contributed by atoms with Crippen molar-refractivity contribution in [3.63, 3.8) is 0 Å². The first-order chi connectivity index (χ1) is 12.0. The average molecular weight is 341 g/mol. The van der Waals surface area contributed by atoms with Gasteiger partial charge < -0.3 is 10.0 Å². The van der Waals surface area contributed by atoms with Crippen molar-refractivity contribution in [1.82, 2.24) is 14.7 Å². The van der Waals surface area contributed by atoms with Crippen LogP contribution >= 0.6 is 0 Å². The molecule has 7 heteroatoms. The second-order valence-electron chi connectivity index (χ2n) is 6.10. The maximum Gasteiger partial charge on any atom is 0.308 e. The summed E-state index contributed by atoms with van der Waals surface area (Å²) in [5.74, 6) is -1.72. The van der Waals surface area contributed by atoms with E-state index >= 15 is 0 Å². The zero-order valence-electron chi connectivity index (χ0n) is 13.7. The number of carboxylic acid groups (broad SMARTS) is 1. The number of carboxylic acids is 1. The third-order valence-electron chi connectivity index (χ3n) is 4.34. The van der Waals surface area contributed by atoms with Gasteiger partial charge >= 0.3 is 5.97 Å². The molecule has 1 aromatic heterocycles. The molecule has 1 aromatic carbocycles. The molecule has 1 aliphatic heterocycles. The van der Waals surface area contributed by atoms with Crippen LogP contribution in [0.4, 0.5) is 0 Å². The minimum Gasteiger partial charge on any atom is -0.481 e. The van der Waals surface area contributed by atoms with E-state index in [1.807, 2.05) is 30.3 Å². The molecule has 2 heterocycles. The van der Waals surface area contributed by atoms with Crippen molar-refractivity contribution in [1.29, 1.82) is 0 Å². The molecule has 7 nitrogen and oxygen atoms in total. The van der Waals surface area contributed by atoms with E-state index in [0.29, 0.717) is 25.1 Å². The average Bonchev–Trinajstić information content (AvgIpc) is 2.64. The highest BCUT2D eigenvalue weighted by atomic mass is 16.4. The lowest BCUT2D eigenvalue weighted by molar-refractivity contribution is -0.145. The number of hydrogen-bond donors (Lipinski definition) is 1. The van der Waals surface area contributed by atoms with Gasteiger partial charge in [0.1, 0.15) is 6.54 Å². The fraction of sp³-hybridized carbons (Fsp3) is 0.333. The third-order valence-corrected chi connectivity index (χ3v) is 4.34. The predicted molar refractivity (Wildman–Crippen MR) is 90.9 cm³/mol. The second kappa shape index (κ2) is 7.29. The highest BCUT2D eigenvalue weighted by molar-refractivity contribution is 5.77. The first-order valence-electron chi connectivity index (χ1n) is 8.19. The summed E-state index contributed by atoms with van der Waals surface area (Å²) in [7, 11) is 0. The quantitative estimate of drug-likeness (QED) is 0.903. The molecule has 1 atom stereocenters. The van der Waals surface area contributed by atoms with Gasteiger partial charge in [0.2, 0.25) is 5.91 Å². The molecule has 0 radical (unpaired) electrons. The van der Waals surface area contributed by atoms with Gasteiger partial charge in [-0.05, 0) is 18.9 Å². The van der Waals surface area contributed by atoms with E-state index in [9.17, 15) is 14.4 Å². The summed E-state index contributed by atoms with van der Waals surface area (Å²) in [5.41, 5.74) is 1.10. The fourth-order valence-corrected chi connectivity index (χ4v) is 2.96. The van der Waals surface area contributed by atoms with E-state index in [0.717, 1.165) is 10.2 Å². The van der Waals surface area contributed by atoms with Crippen LogP contribution in [0.25, 0.3) is 11.3 Å². The Hall–Kier alpha value is -2.96. The third kappa shape index (κ3) is 3.93. The van der Waals surface area contributed by atoms with Crippen LogP contribution in [0.15, 0.2) is 47.3 Å². The van der Waals surface area contributed by atoms with Crippen molar-refractivity contribution in [3.8, 4) is 11.3 Å². The molecule has 1 aliphatic rings. The molecule has 2 aromatic rings. The number of nitrogens with zero attached hydrogens (tertiary/aromatic N) is 3. The number of carbonyl (C=O) groups is 2. The van der Waals surface area contributed by atoms with E-state index in [4.69, 9.17) is 5.11 Å². The van der Waals surface area contributed by atoms with Gasteiger partial charge in [0, 0.05) is 24.7 Å². The standard InChI is InChI=1S/C18H19N3O4/c22-16-9-8-15(13-5-2-1-3-6-13)19-21(16)12-17(23)20-10-4-7-14(11-20)18(24)25/h1-3,5-6,8-9,14H,4,7,10-12H2,(H,24,25)/t14-/m0/s1. The zero-order valence-corrected chi connectivity index (χ0v) is 13.7. The van der Waals surface area contributed by atoms with Crippen LogP contribution in [-0.4, -0.2) is 44.8 Å². The summed E-state index contributed by atoms with van der Waals surface area (Å²) < 4.78 is 1.13. The molecule has 0 saturated carbocycles. The number of hydrogen-bond acceptors (Lipinski definition) is 4. The van der Waals surface area contributed by atoms with E-state index in [-0.39, 0.29) is 24.6 Å². The lowest BCUT2D eigenvalue weighted by atomic mass is 9.98. The van der Waals surface area contributed by atoms with Gasteiger partial charge in [-0.1, -0.05) is 30.3 Å². The van der Waals surface area contributed by atoms with Crippen LogP contribution in [0.5, 0.6) is 0 Å². The van der Waals surface area contributed by atoms with Crippen molar-refractivity contribution in [3.05, 3.63) is 52.8 Å². The minimum absolute atomic E-state index is 0.182. The van der Waals surface area contributed by atoms with Crippen molar-refractivity contribution in [2.24, 2.45) is 5.92 Å². The monoisotopic (exact) mass is 341 g/mol. The Morgan fingerprint density at radius 3 is 2.64 bits per heavy atom. The predicted octanol–water partition coefficient (Wildman–Crippen LogP) is 1.23. The first-order valence-corrected chi connectivity index (χ1v) is 8.19. The molecular formula is C18H19N3O4. The normalized spacial score (nSPS) is 17.3. The van der Waals surface area contributed by atoms with E-state index in [1.54, 1.807) is 6.07 Å². The summed E-state index contributed by atoms with van der Waals surface area (Å²) in [4.78, 5) is 37.1. The molecule has 3 rings (SSSR count). The molecule has 0 spiro atoms. The number of piperidine rings is 1. The van der Waals surface area contributed by atoms with Gasteiger partial charge in [0.25, 0.3) is 5.56 Å². The van der Waals surface area contributed by atoms with Crippen LogP contribution in [0.3, 0.4) is 0 Å². The summed E-state index contributed by atoms with van der Waals surface area (Å²) >= 11 is 0. The minimum atomic E-state index is -0.890. The Morgan fingerprint density at radius 2 is 1.92 bits per heavy atom. The summed E-state index contributed by atoms with van der Waals surface area (Å²) in [5, 5.41) is 13.4. The van der Waals surface area contributed by atoms with Gasteiger partial charge in [-0.25, -0.2) is 4.68 Å².